The molecule has 0 aliphatic carbocycles. The van der Waals surface area contributed by atoms with Crippen molar-refractivity contribution < 1.29 is 14.3 Å². The van der Waals surface area contributed by atoms with Gasteiger partial charge in [-0.25, -0.2) is 14.2 Å². The van der Waals surface area contributed by atoms with Crippen molar-refractivity contribution in [2.45, 2.75) is 19.6 Å². The van der Waals surface area contributed by atoms with Crippen molar-refractivity contribution in [1.29, 1.82) is 0 Å². The van der Waals surface area contributed by atoms with Crippen LogP contribution in [0.4, 0.5) is 4.39 Å². The third-order valence-corrected chi connectivity index (χ3v) is 5.03. The molecule has 0 spiro atoms. The Balaban J connectivity index is 1.97. The fourth-order valence-electron chi connectivity index (χ4n) is 2.90. The summed E-state index contributed by atoms with van der Waals surface area (Å²) in [6.45, 7) is 6.31. The van der Waals surface area contributed by atoms with Crippen molar-refractivity contribution in [3.05, 3.63) is 59.5 Å². The van der Waals surface area contributed by atoms with Crippen LogP contribution in [0.2, 0.25) is 19.6 Å². The van der Waals surface area contributed by atoms with Gasteiger partial charge in [-0.3, -0.25) is 0 Å². The quantitative estimate of drug-likeness (QED) is 0.403. The van der Waals surface area contributed by atoms with E-state index in [1.807, 2.05) is 0 Å². The monoisotopic (exact) mass is 404 g/mol. The van der Waals surface area contributed by atoms with Gasteiger partial charge in [-0.2, -0.15) is 4.80 Å². The summed E-state index contributed by atoms with van der Waals surface area (Å²) < 4.78 is 13.6. The van der Waals surface area contributed by atoms with E-state index < -0.39 is 19.9 Å². The van der Waals surface area contributed by atoms with Crippen molar-refractivity contribution in [3.63, 3.8) is 0 Å². The van der Waals surface area contributed by atoms with Crippen molar-refractivity contribution >= 4 is 36.0 Å². The summed E-state index contributed by atoms with van der Waals surface area (Å²) in [5, 5.41) is 18.9. The van der Waals surface area contributed by atoms with E-state index in [1.165, 1.54) is 23.0 Å². The molecule has 0 aliphatic heterocycles. The van der Waals surface area contributed by atoms with Crippen molar-refractivity contribution in [1.82, 2.24) is 20.0 Å². The van der Waals surface area contributed by atoms with Gasteiger partial charge in [0, 0.05) is 11.5 Å². The van der Waals surface area contributed by atoms with Gasteiger partial charge < -0.3 is 5.11 Å². The maximum Gasteiger partial charge on any atom is 0.336 e. The molecule has 2 heterocycles. The van der Waals surface area contributed by atoms with Gasteiger partial charge in [0.2, 0.25) is 0 Å². The largest absolute Gasteiger partial charge is 0.478 e. The molecule has 0 amide bonds. The number of hydrogen-bond donors (Lipinski definition) is 1. The van der Waals surface area contributed by atoms with Crippen LogP contribution >= 0.6 is 0 Å². The first kappa shape index (κ1) is 18.8. The van der Waals surface area contributed by atoms with Crippen LogP contribution < -0.4 is 0 Å². The number of aromatic carboxylic acids is 1. The van der Waals surface area contributed by atoms with Crippen LogP contribution in [0, 0.1) is 17.3 Å². The minimum absolute atomic E-state index is 0.0618. The second-order valence-corrected chi connectivity index (χ2v) is 12.4. The summed E-state index contributed by atoms with van der Waals surface area (Å²) in [6.07, 6.45) is 0. The Labute approximate surface area is 167 Å². The molecule has 29 heavy (non-hydrogen) atoms. The molecular formula is C21H17FN4O2Si. The van der Waals surface area contributed by atoms with E-state index in [9.17, 15) is 14.3 Å². The fraction of sp³-hybridized carbons (Fsp3) is 0.143. The van der Waals surface area contributed by atoms with Gasteiger partial charge in [-0.1, -0.05) is 31.6 Å². The molecule has 0 saturated heterocycles. The predicted octanol–water partition coefficient (Wildman–Crippen LogP) is 4.03. The molecule has 4 rings (SSSR count). The van der Waals surface area contributed by atoms with Crippen LogP contribution in [-0.4, -0.2) is 39.1 Å². The molecule has 0 aliphatic rings. The summed E-state index contributed by atoms with van der Waals surface area (Å²) in [5.41, 5.74) is 5.48. The second kappa shape index (κ2) is 6.79. The van der Waals surface area contributed by atoms with E-state index in [1.54, 1.807) is 24.3 Å². The average molecular weight is 404 g/mol. The molecule has 0 radical (unpaired) electrons. The number of pyridine rings is 1. The van der Waals surface area contributed by atoms with Crippen molar-refractivity contribution in [2.24, 2.45) is 0 Å². The third kappa shape index (κ3) is 3.73. The standard InChI is InChI=1S/C21H17FN4O2Si/c1-29(2,3)10-9-14-12-16(21(27)28)19-17(23-14)7-8-18-20(19)25-26(24-18)15-6-4-5-13(22)11-15/h4-8,11-12H,1-3H3,(H,27,28). The van der Waals surface area contributed by atoms with E-state index >= 15 is 0 Å². The molecule has 0 atom stereocenters. The predicted molar refractivity (Wildman–Crippen MR) is 111 cm³/mol. The van der Waals surface area contributed by atoms with Crippen LogP contribution in [0.3, 0.4) is 0 Å². The highest BCUT2D eigenvalue weighted by Crippen LogP contribution is 2.26. The Bertz CT molecular complexity index is 1350. The van der Waals surface area contributed by atoms with Gasteiger partial charge >= 0.3 is 5.97 Å². The number of nitrogens with zero attached hydrogens (tertiary/aromatic N) is 4. The molecule has 2 aromatic heterocycles. The lowest BCUT2D eigenvalue weighted by Gasteiger charge is -2.05. The Morgan fingerprint density at radius 3 is 2.55 bits per heavy atom. The first-order valence-electron chi connectivity index (χ1n) is 8.94. The first-order valence-corrected chi connectivity index (χ1v) is 12.4. The average Bonchev–Trinajstić information content (AvgIpc) is 3.09. The normalized spacial score (nSPS) is 11.4. The Morgan fingerprint density at radius 1 is 1.10 bits per heavy atom. The van der Waals surface area contributed by atoms with Gasteiger partial charge in [-0.05, 0) is 30.3 Å². The summed E-state index contributed by atoms with van der Waals surface area (Å²) in [4.78, 5) is 17.8. The number of fused-ring (bicyclic) bond motifs is 3. The summed E-state index contributed by atoms with van der Waals surface area (Å²) in [5.74, 6) is 1.51. The molecule has 6 nitrogen and oxygen atoms in total. The second-order valence-electron chi connectivity index (χ2n) is 7.66. The Kier molecular flexibility index (Phi) is 4.40. The minimum Gasteiger partial charge on any atom is -0.478 e. The molecule has 4 aromatic rings. The number of carboxylic acid groups (broad SMARTS) is 1. The zero-order chi connectivity index (χ0) is 20.8. The number of halogens is 1. The molecule has 8 heteroatoms. The zero-order valence-electron chi connectivity index (χ0n) is 16.1. The van der Waals surface area contributed by atoms with Gasteiger partial charge in [0.15, 0.2) is 0 Å². The van der Waals surface area contributed by atoms with Gasteiger partial charge in [0.1, 0.15) is 30.6 Å². The molecule has 0 saturated carbocycles. The maximum atomic E-state index is 13.6. The van der Waals surface area contributed by atoms with Crippen LogP contribution in [0.15, 0.2) is 42.5 Å². The topological polar surface area (TPSA) is 80.9 Å². The molecular weight excluding hydrogens is 387 g/mol. The number of hydrogen-bond acceptors (Lipinski definition) is 4. The Morgan fingerprint density at radius 2 is 1.86 bits per heavy atom. The maximum absolute atomic E-state index is 13.6. The van der Waals surface area contributed by atoms with E-state index in [4.69, 9.17) is 0 Å². The zero-order valence-corrected chi connectivity index (χ0v) is 17.1. The molecule has 0 unspecified atom stereocenters. The lowest BCUT2D eigenvalue weighted by Crippen LogP contribution is -2.16. The fourth-order valence-corrected chi connectivity index (χ4v) is 3.40. The summed E-state index contributed by atoms with van der Waals surface area (Å²) in [7, 11) is -1.64. The third-order valence-electron chi connectivity index (χ3n) is 4.16. The van der Waals surface area contributed by atoms with Crippen molar-refractivity contribution in [3.8, 4) is 17.2 Å². The van der Waals surface area contributed by atoms with Crippen LogP contribution in [0.25, 0.3) is 27.6 Å². The van der Waals surface area contributed by atoms with E-state index in [-0.39, 0.29) is 5.56 Å². The molecule has 0 fully saturated rings. The van der Waals surface area contributed by atoms with Crippen LogP contribution in [0.5, 0.6) is 0 Å². The lowest BCUT2D eigenvalue weighted by molar-refractivity contribution is 0.0699. The number of carboxylic acids is 1. The first-order chi connectivity index (χ1) is 13.7. The number of carbonyl (C=O) groups is 1. The van der Waals surface area contributed by atoms with Crippen LogP contribution in [0.1, 0.15) is 16.1 Å². The summed E-state index contributed by atoms with van der Waals surface area (Å²) >= 11 is 0. The minimum atomic E-state index is -1.64. The molecule has 144 valence electrons. The molecule has 2 aromatic carbocycles. The van der Waals surface area contributed by atoms with Gasteiger partial charge in [0.05, 0.1) is 16.8 Å². The Hall–Kier alpha value is -3.57. The summed E-state index contributed by atoms with van der Waals surface area (Å²) in [6, 6.07) is 10.8. The van der Waals surface area contributed by atoms with E-state index in [0.717, 1.165) is 0 Å². The van der Waals surface area contributed by atoms with Crippen molar-refractivity contribution in [2.75, 3.05) is 0 Å². The molecule has 1 N–H and O–H groups in total. The number of rotatable bonds is 2. The van der Waals surface area contributed by atoms with E-state index in [2.05, 4.69) is 46.3 Å². The highest BCUT2D eigenvalue weighted by Gasteiger charge is 2.18. The van der Waals surface area contributed by atoms with E-state index in [0.29, 0.717) is 33.3 Å². The van der Waals surface area contributed by atoms with Gasteiger partial charge in [0.25, 0.3) is 0 Å². The number of aromatic nitrogens is 4. The highest BCUT2D eigenvalue weighted by atomic mass is 28.3. The highest BCUT2D eigenvalue weighted by molar-refractivity contribution is 6.83. The molecule has 0 bridgehead atoms. The van der Waals surface area contributed by atoms with Gasteiger partial charge in [-0.15, -0.1) is 15.7 Å². The van der Waals surface area contributed by atoms with Crippen LogP contribution in [-0.2, 0) is 0 Å². The smallest absolute Gasteiger partial charge is 0.336 e. The number of benzene rings is 2. The lowest BCUT2D eigenvalue weighted by atomic mass is 10.1. The SMILES string of the molecule is C[Si](C)(C)C#Cc1cc(C(=O)O)c2c(ccc3nn(-c4cccc(F)c4)nc32)n1.